The molecule has 0 unspecified atom stereocenters. The average molecular weight is 254 g/mol. The average Bonchev–Trinajstić information content (AvgIpc) is 2.49. The van der Waals surface area contributed by atoms with Gasteiger partial charge in [0.15, 0.2) is 0 Å². The predicted molar refractivity (Wildman–Crippen MR) is 74.3 cm³/mol. The lowest BCUT2D eigenvalue weighted by Gasteiger charge is -2.09. The third-order valence-corrected chi connectivity index (χ3v) is 2.74. The van der Waals surface area contributed by atoms with Crippen LogP contribution in [0.15, 0.2) is 60.7 Å². The van der Waals surface area contributed by atoms with Crippen LogP contribution in [0, 0.1) is 0 Å². The van der Waals surface area contributed by atoms with Gasteiger partial charge in [0, 0.05) is 5.56 Å². The van der Waals surface area contributed by atoms with Crippen molar-refractivity contribution in [2.45, 2.75) is 0 Å². The molecule has 3 nitrogen and oxygen atoms in total. The summed E-state index contributed by atoms with van der Waals surface area (Å²) >= 11 is 0. The summed E-state index contributed by atoms with van der Waals surface area (Å²) in [7, 11) is 1.30. The van der Waals surface area contributed by atoms with Crippen LogP contribution < -0.4 is 0 Å². The molecule has 2 rings (SSSR count). The van der Waals surface area contributed by atoms with E-state index in [1.54, 1.807) is 48.5 Å². The van der Waals surface area contributed by atoms with Gasteiger partial charge in [-0.25, -0.2) is 4.79 Å². The molecule has 0 atom stereocenters. The van der Waals surface area contributed by atoms with Crippen molar-refractivity contribution < 1.29 is 14.6 Å². The molecule has 3 heteroatoms. The zero-order valence-electron chi connectivity index (χ0n) is 10.5. The summed E-state index contributed by atoms with van der Waals surface area (Å²) < 4.78 is 4.75. The van der Waals surface area contributed by atoms with E-state index in [0.717, 1.165) is 0 Å². The van der Waals surface area contributed by atoms with Gasteiger partial charge in [-0.05, 0) is 5.56 Å². The molecule has 2 aromatic rings. The van der Waals surface area contributed by atoms with Crippen LogP contribution in [0.1, 0.15) is 11.1 Å². The van der Waals surface area contributed by atoms with Gasteiger partial charge < -0.3 is 9.84 Å². The van der Waals surface area contributed by atoms with Gasteiger partial charge in [0.25, 0.3) is 0 Å². The summed E-state index contributed by atoms with van der Waals surface area (Å²) in [5.41, 5.74) is 1.36. The van der Waals surface area contributed by atoms with E-state index in [1.165, 1.54) is 7.11 Å². The fourth-order valence-corrected chi connectivity index (χ4v) is 1.80. The highest BCUT2D eigenvalue weighted by Crippen LogP contribution is 2.25. The highest BCUT2D eigenvalue weighted by atomic mass is 16.5. The molecule has 0 amide bonds. The van der Waals surface area contributed by atoms with Gasteiger partial charge in [0.05, 0.1) is 7.11 Å². The third kappa shape index (κ3) is 2.83. The van der Waals surface area contributed by atoms with Gasteiger partial charge in [-0.1, -0.05) is 60.7 Å². The summed E-state index contributed by atoms with van der Waals surface area (Å²) in [6.45, 7) is 0. The molecule has 0 fully saturated rings. The van der Waals surface area contributed by atoms with Gasteiger partial charge in [-0.15, -0.1) is 0 Å². The smallest absolute Gasteiger partial charge is 0.342 e. The molecule has 96 valence electrons. The Kier molecular flexibility index (Phi) is 3.98. The molecule has 19 heavy (non-hydrogen) atoms. The fraction of sp³-hybridized carbons (Fsp3) is 0.0625. The zero-order valence-corrected chi connectivity index (χ0v) is 10.5. The van der Waals surface area contributed by atoms with Gasteiger partial charge in [-0.2, -0.15) is 0 Å². The van der Waals surface area contributed by atoms with Crippen LogP contribution in [0.2, 0.25) is 0 Å². The molecule has 0 aliphatic heterocycles. The minimum atomic E-state index is -0.562. The minimum absolute atomic E-state index is 0.0846. The van der Waals surface area contributed by atoms with Crippen LogP contribution in [-0.4, -0.2) is 18.2 Å². The Morgan fingerprint density at radius 1 is 0.895 bits per heavy atom. The molecule has 0 radical (unpaired) electrons. The van der Waals surface area contributed by atoms with Crippen molar-refractivity contribution in [3.63, 3.8) is 0 Å². The van der Waals surface area contributed by atoms with Crippen LogP contribution in [0.4, 0.5) is 0 Å². The lowest BCUT2D eigenvalue weighted by molar-refractivity contribution is -0.133. The number of aliphatic hydroxyl groups is 1. The molecule has 0 spiro atoms. The Balaban J connectivity index is 2.58. The first-order valence-corrected chi connectivity index (χ1v) is 5.86. The maximum atomic E-state index is 11.9. The number of rotatable bonds is 3. The first-order chi connectivity index (χ1) is 9.24. The van der Waals surface area contributed by atoms with Gasteiger partial charge >= 0.3 is 5.97 Å². The molecular weight excluding hydrogens is 240 g/mol. The topological polar surface area (TPSA) is 46.5 Å². The number of benzene rings is 2. The lowest BCUT2D eigenvalue weighted by atomic mass is 10.0. The molecule has 2 aromatic carbocycles. The molecule has 0 aliphatic carbocycles. The molecular formula is C16H14O3. The molecule has 0 saturated carbocycles. The Bertz CT molecular complexity index is 586. The second-order valence-electron chi connectivity index (χ2n) is 3.95. The van der Waals surface area contributed by atoms with Crippen molar-refractivity contribution in [3.05, 3.63) is 71.8 Å². The number of ether oxygens (including phenoxy) is 1. The molecule has 0 bridgehead atoms. The van der Waals surface area contributed by atoms with Crippen LogP contribution in [0.25, 0.3) is 11.3 Å². The second-order valence-corrected chi connectivity index (χ2v) is 3.95. The number of hydrogen-bond donors (Lipinski definition) is 1. The van der Waals surface area contributed by atoms with E-state index >= 15 is 0 Å². The fourth-order valence-electron chi connectivity index (χ4n) is 1.80. The monoisotopic (exact) mass is 254 g/mol. The molecule has 0 aromatic heterocycles. The standard InChI is InChI=1S/C16H14O3/c1-19-16(18)14(12-8-4-2-5-9-12)15(17)13-10-6-3-7-11-13/h2-11,17H,1H3/b15-14+. The Morgan fingerprint density at radius 3 is 1.84 bits per heavy atom. The Hall–Kier alpha value is -2.55. The van der Waals surface area contributed by atoms with Crippen LogP contribution in [-0.2, 0) is 9.53 Å². The van der Waals surface area contributed by atoms with Crippen molar-refractivity contribution in [3.8, 4) is 0 Å². The van der Waals surface area contributed by atoms with E-state index < -0.39 is 5.97 Å². The summed E-state index contributed by atoms with van der Waals surface area (Å²) in [5, 5.41) is 10.3. The number of esters is 1. The first kappa shape index (κ1) is 12.9. The molecule has 0 heterocycles. The SMILES string of the molecule is COC(=O)/C(=C(/O)c1ccccc1)c1ccccc1. The van der Waals surface area contributed by atoms with E-state index in [0.29, 0.717) is 11.1 Å². The zero-order chi connectivity index (χ0) is 13.7. The highest BCUT2D eigenvalue weighted by molar-refractivity contribution is 6.23. The van der Waals surface area contributed by atoms with Crippen molar-refractivity contribution in [2.24, 2.45) is 0 Å². The van der Waals surface area contributed by atoms with E-state index in [4.69, 9.17) is 4.74 Å². The van der Waals surface area contributed by atoms with Gasteiger partial charge in [0.2, 0.25) is 0 Å². The predicted octanol–water partition coefficient (Wildman–Crippen LogP) is 3.29. The summed E-state index contributed by atoms with van der Waals surface area (Å²) in [4.78, 5) is 11.9. The third-order valence-electron chi connectivity index (χ3n) is 2.74. The van der Waals surface area contributed by atoms with E-state index in [2.05, 4.69) is 0 Å². The van der Waals surface area contributed by atoms with Crippen LogP contribution in [0.5, 0.6) is 0 Å². The number of hydrogen-bond acceptors (Lipinski definition) is 3. The second kappa shape index (κ2) is 5.87. The van der Waals surface area contributed by atoms with Gasteiger partial charge in [-0.3, -0.25) is 0 Å². The Labute approximate surface area is 111 Å². The quantitative estimate of drug-likeness (QED) is 0.395. The largest absolute Gasteiger partial charge is 0.506 e. The van der Waals surface area contributed by atoms with Crippen molar-refractivity contribution in [2.75, 3.05) is 7.11 Å². The maximum absolute atomic E-state index is 11.9. The van der Waals surface area contributed by atoms with Crippen LogP contribution in [0.3, 0.4) is 0 Å². The van der Waals surface area contributed by atoms with Crippen LogP contribution >= 0.6 is 0 Å². The van der Waals surface area contributed by atoms with Crippen molar-refractivity contribution in [1.29, 1.82) is 0 Å². The van der Waals surface area contributed by atoms with E-state index in [1.807, 2.05) is 12.1 Å². The van der Waals surface area contributed by atoms with Crippen molar-refractivity contribution >= 4 is 17.3 Å². The van der Waals surface area contributed by atoms with Crippen molar-refractivity contribution in [1.82, 2.24) is 0 Å². The maximum Gasteiger partial charge on any atom is 0.342 e. The first-order valence-electron chi connectivity index (χ1n) is 5.86. The minimum Gasteiger partial charge on any atom is -0.506 e. The van der Waals surface area contributed by atoms with Gasteiger partial charge in [0.1, 0.15) is 11.3 Å². The summed E-state index contributed by atoms with van der Waals surface area (Å²) in [6, 6.07) is 17.9. The van der Waals surface area contributed by atoms with E-state index in [9.17, 15) is 9.90 Å². The number of carbonyl (C=O) groups is 1. The number of methoxy groups -OCH3 is 1. The molecule has 1 N–H and O–H groups in total. The lowest BCUT2D eigenvalue weighted by Crippen LogP contribution is -2.06. The molecule has 0 saturated heterocycles. The summed E-state index contributed by atoms with van der Waals surface area (Å²) in [5.74, 6) is -0.647. The van der Waals surface area contributed by atoms with E-state index in [-0.39, 0.29) is 11.3 Å². The number of carbonyl (C=O) groups excluding carboxylic acids is 1. The highest BCUT2D eigenvalue weighted by Gasteiger charge is 2.18. The normalized spacial score (nSPS) is 11.6. The number of aliphatic hydroxyl groups excluding tert-OH is 1. The summed E-state index contributed by atoms with van der Waals surface area (Å²) in [6.07, 6.45) is 0. The Morgan fingerprint density at radius 2 is 1.37 bits per heavy atom. The molecule has 0 aliphatic rings.